The number of hydrogen-bond donors (Lipinski definition) is 0. The molecule has 1 aliphatic rings. The first kappa shape index (κ1) is 8.25. The third kappa shape index (κ3) is 2.02. The molecular formula is C5H7O2Rh-. The van der Waals surface area contributed by atoms with E-state index in [1.807, 2.05) is 0 Å². The third-order valence-electron chi connectivity index (χ3n) is 1.06. The molecule has 1 fully saturated rings. The molecule has 49 valence electrons. The predicted octanol–water partition coefficient (Wildman–Crippen LogP) is 0.273. The zero-order valence-electron chi connectivity index (χ0n) is 4.35. The van der Waals surface area contributed by atoms with Gasteiger partial charge in [0, 0.05) is 26.1 Å². The van der Waals surface area contributed by atoms with E-state index >= 15 is 0 Å². The molecule has 1 atom stereocenters. The van der Waals surface area contributed by atoms with Crippen LogP contribution in [0.25, 0.3) is 0 Å². The second-order valence-electron chi connectivity index (χ2n) is 1.62. The van der Waals surface area contributed by atoms with Crippen LogP contribution in [0.1, 0.15) is 12.8 Å². The fraction of sp³-hybridized carbons (Fsp3) is 0.800. The van der Waals surface area contributed by atoms with Gasteiger partial charge in [-0.1, -0.05) is 0 Å². The SMILES string of the molecule is O=[C-]C1CCCO1.[Rh]. The van der Waals surface area contributed by atoms with Crippen molar-refractivity contribution in [1.82, 2.24) is 0 Å². The fourth-order valence-corrected chi connectivity index (χ4v) is 0.671. The Labute approximate surface area is 61.4 Å². The number of hydrogen-bond acceptors (Lipinski definition) is 2. The van der Waals surface area contributed by atoms with Crippen molar-refractivity contribution in [2.45, 2.75) is 18.9 Å². The molecule has 0 spiro atoms. The minimum absolute atomic E-state index is 0. The van der Waals surface area contributed by atoms with Gasteiger partial charge >= 0.3 is 0 Å². The quantitative estimate of drug-likeness (QED) is 0.450. The first-order valence-electron chi connectivity index (χ1n) is 2.43. The largest absolute Gasteiger partial charge is 0.539 e. The van der Waals surface area contributed by atoms with Gasteiger partial charge in [-0.05, 0) is 18.9 Å². The van der Waals surface area contributed by atoms with Crippen LogP contribution in [0.15, 0.2) is 0 Å². The molecule has 0 N–H and O–H groups in total. The summed E-state index contributed by atoms with van der Waals surface area (Å²) in [5.41, 5.74) is 0. The summed E-state index contributed by atoms with van der Waals surface area (Å²) in [6.45, 7) is 0.736. The van der Waals surface area contributed by atoms with E-state index in [1.54, 1.807) is 6.29 Å². The number of ether oxygens (including phenoxy) is 1. The van der Waals surface area contributed by atoms with Gasteiger partial charge < -0.3 is 9.53 Å². The first-order valence-corrected chi connectivity index (χ1v) is 2.43. The average Bonchev–Trinajstić information content (AvgIpc) is 2.14. The monoisotopic (exact) mass is 202 g/mol. The van der Waals surface area contributed by atoms with Crippen LogP contribution in [0.5, 0.6) is 0 Å². The zero-order chi connectivity index (χ0) is 5.11. The van der Waals surface area contributed by atoms with Gasteiger partial charge in [-0.15, -0.1) is 0 Å². The van der Waals surface area contributed by atoms with Gasteiger partial charge in [-0.25, -0.2) is 6.29 Å². The van der Waals surface area contributed by atoms with Crippen LogP contribution in [-0.2, 0) is 29.0 Å². The first-order chi connectivity index (χ1) is 3.43. The molecule has 1 heterocycles. The summed E-state index contributed by atoms with van der Waals surface area (Å²) in [6, 6.07) is 0. The van der Waals surface area contributed by atoms with Crippen LogP contribution in [0.4, 0.5) is 0 Å². The molecular weight excluding hydrogens is 195 g/mol. The topological polar surface area (TPSA) is 26.3 Å². The minimum Gasteiger partial charge on any atom is -0.539 e. The zero-order valence-corrected chi connectivity index (χ0v) is 5.99. The summed E-state index contributed by atoms with van der Waals surface area (Å²) >= 11 is 0. The van der Waals surface area contributed by atoms with Crippen molar-refractivity contribution in [2.75, 3.05) is 6.61 Å². The summed E-state index contributed by atoms with van der Waals surface area (Å²) in [4.78, 5) is 9.76. The van der Waals surface area contributed by atoms with Crippen molar-refractivity contribution < 1.29 is 29.0 Å². The van der Waals surface area contributed by atoms with E-state index in [-0.39, 0.29) is 25.6 Å². The maximum Gasteiger partial charge on any atom is 0.0437 e. The Kier molecular flexibility index (Phi) is 4.30. The van der Waals surface area contributed by atoms with Crippen LogP contribution in [-0.4, -0.2) is 19.0 Å². The maximum absolute atomic E-state index is 9.76. The molecule has 0 bridgehead atoms. The van der Waals surface area contributed by atoms with E-state index in [9.17, 15) is 4.79 Å². The van der Waals surface area contributed by atoms with E-state index in [0.29, 0.717) is 0 Å². The molecule has 2 nitrogen and oxygen atoms in total. The molecule has 1 unspecified atom stereocenters. The summed E-state index contributed by atoms with van der Waals surface area (Å²) in [7, 11) is 0. The predicted molar refractivity (Wildman–Crippen MR) is 24.7 cm³/mol. The Morgan fingerprint density at radius 3 is 2.62 bits per heavy atom. The summed E-state index contributed by atoms with van der Waals surface area (Å²) in [5, 5.41) is 0. The Balaban J connectivity index is 0.000000490. The molecule has 8 heavy (non-hydrogen) atoms. The van der Waals surface area contributed by atoms with Crippen LogP contribution < -0.4 is 0 Å². The molecule has 1 rings (SSSR count). The van der Waals surface area contributed by atoms with Gasteiger partial charge in [-0.3, -0.25) is 0 Å². The third-order valence-corrected chi connectivity index (χ3v) is 1.06. The van der Waals surface area contributed by atoms with Crippen molar-refractivity contribution in [3.63, 3.8) is 0 Å². The molecule has 0 aromatic rings. The van der Waals surface area contributed by atoms with E-state index in [1.165, 1.54) is 0 Å². The molecule has 1 aliphatic heterocycles. The van der Waals surface area contributed by atoms with Gasteiger partial charge in [0.15, 0.2) is 0 Å². The number of carbonyl (C=O) groups excluding carboxylic acids is 1. The molecule has 0 amide bonds. The van der Waals surface area contributed by atoms with E-state index in [0.717, 1.165) is 19.4 Å². The van der Waals surface area contributed by atoms with Crippen molar-refractivity contribution in [3.05, 3.63) is 0 Å². The Bertz CT molecular complexity index is 68.8. The summed E-state index contributed by atoms with van der Waals surface area (Å²) < 4.78 is 4.88. The van der Waals surface area contributed by atoms with Gasteiger partial charge in [0.25, 0.3) is 0 Å². The van der Waals surface area contributed by atoms with Crippen molar-refractivity contribution >= 4 is 6.29 Å². The molecule has 0 aliphatic carbocycles. The Hall–Kier alpha value is 0.253. The van der Waals surface area contributed by atoms with Gasteiger partial charge in [0.2, 0.25) is 0 Å². The van der Waals surface area contributed by atoms with E-state index < -0.39 is 0 Å². The minimum atomic E-state index is -0.208. The van der Waals surface area contributed by atoms with Gasteiger partial charge in [0.1, 0.15) is 0 Å². The Morgan fingerprint density at radius 1 is 1.62 bits per heavy atom. The average molecular weight is 202 g/mol. The van der Waals surface area contributed by atoms with Gasteiger partial charge in [0.05, 0.1) is 0 Å². The van der Waals surface area contributed by atoms with Crippen LogP contribution in [0, 0.1) is 0 Å². The molecule has 1 radical (unpaired) electrons. The molecule has 3 heteroatoms. The maximum atomic E-state index is 9.76. The van der Waals surface area contributed by atoms with Crippen LogP contribution in [0.2, 0.25) is 0 Å². The van der Waals surface area contributed by atoms with Crippen LogP contribution >= 0.6 is 0 Å². The number of rotatable bonds is 1. The van der Waals surface area contributed by atoms with Gasteiger partial charge in [-0.2, -0.15) is 0 Å². The van der Waals surface area contributed by atoms with Crippen molar-refractivity contribution in [2.24, 2.45) is 0 Å². The smallest absolute Gasteiger partial charge is 0.0437 e. The second-order valence-corrected chi connectivity index (χ2v) is 1.62. The Morgan fingerprint density at radius 2 is 2.38 bits per heavy atom. The summed E-state index contributed by atoms with van der Waals surface area (Å²) in [5.74, 6) is 0. The molecule has 1 saturated heterocycles. The van der Waals surface area contributed by atoms with Crippen molar-refractivity contribution in [3.8, 4) is 0 Å². The molecule has 0 aromatic carbocycles. The second kappa shape index (κ2) is 4.16. The molecule has 0 aromatic heterocycles. The normalized spacial score (nSPS) is 26.8. The summed E-state index contributed by atoms with van der Waals surface area (Å²) in [6.07, 6.45) is 3.46. The van der Waals surface area contributed by atoms with E-state index in [4.69, 9.17) is 4.74 Å². The van der Waals surface area contributed by atoms with Crippen molar-refractivity contribution in [1.29, 1.82) is 0 Å². The standard InChI is InChI=1S/C5H7O2.Rh/c6-4-5-2-1-3-7-5;/h5H,1-3H2;/q-1;. The fourth-order valence-electron chi connectivity index (χ4n) is 0.671. The molecule has 0 saturated carbocycles. The van der Waals surface area contributed by atoms with E-state index in [2.05, 4.69) is 0 Å². The van der Waals surface area contributed by atoms with Crippen LogP contribution in [0.3, 0.4) is 0 Å².